The predicted octanol–water partition coefficient (Wildman–Crippen LogP) is 3.16. The molecule has 0 aliphatic carbocycles. The highest BCUT2D eigenvalue weighted by atomic mass is 16.5. The summed E-state index contributed by atoms with van der Waals surface area (Å²) in [6.07, 6.45) is 3.03. The van der Waals surface area contributed by atoms with Gasteiger partial charge in [-0.25, -0.2) is 0 Å². The van der Waals surface area contributed by atoms with Gasteiger partial charge in [0.05, 0.1) is 17.9 Å². The SMILES string of the molecule is C=N/C(=C\C=NC)[C@H](Oc1ccc2c(c1)OCCC2=O)c1ccc(C(N)=O)cc1. The van der Waals surface area contributed by atoms with Crippen LogP contribution in [0.15, 0.2) is 64.2 Å². The van der Waals surface area contributed by atoms with Gasteiger partial charge in [-0.3, -0.25) is 19.6 Å². The van der Waals surface area contributed by atoms with Gasteiger partial charge in [-0.1, -0.05) is 12.1 Å². The molecule has 29 heavy (non-hydrogen) atoms. The fourth-order valence-electron chi connectivity index (χ4n) is 2.95. The van der Waals surface area contributed by atoms with Crippen LogP contribution < -0.4 is 15.2 Å². The number of benzene rings is 2. The minimum absolute atomic E-state index is 0.0453. The van der Waals surface area contributed by atoms with Crippen molar-refractivity contribution in [2.75, 3.05) is 13.7 Å². The Morgan fingerprint density at radius 3 is 2.69 bits per heavy atom. The van der Waals surface area contributed by atoms with E-state index in [9.17, 15) is 9.59 Å². The van der Waals surface area contributed by atoms with Gasteiger partial charge in [-0.15, -0.1) is 0 Å². The highest BCUT2D eigenvalue weighted by Crippen LogP contribution is 2.34. The summed E-state index contributed by atoms with van der Waals surface area (Å²) in [6.45, 7) is 3.97. The molecule has 2 aromatic carbocycles. The van der Waals surface area contributed by atoms with Crippen LogP contribution in [-0.4, -0.2) is 38.3 Å². The van der Waals surface area contributed by atoms with E-state index in [0.717, 1.165) is 5.56 Å². The first-order valence-electron chi connectivity index (χ1n) is 8.99. The molecule has 2 aromatic rings. The third-order valence-electron chi connectivity index (χ3n) is 4.44. The lowest BCUT2D eigenvalue weighted by Crippen LogP contribution is -2.16. The standard InChI is InChI=1S/C22H21N3O4/c1-24-11-9-18(25-2)21(14-3-5-15(6-4-14)22(23)27)29-16-7-8-17-19(26)10-12-28-20(17)13-16/h3-9,11,13,21H,2,10,12H2,1H3,(H2,23,27)/b18-9-,24-11?/t21-/m1/s1. The van der Waals surface area contributed by atoms with Crippen molar-refractivity contribution >= 4 is 24.6 Å². The molecule has 0 saturated heterocycles. The first kappa shape index (κ1) is 20.0. The Balaban J connectivity index is 1.98. The number of ketones is 1. The number of Topliss-reactive ketones (excluding diaryl/α,β-unsaturated/α-hetero) is 1. The zero-order chi connectivity index (χ0) is 20.8. The number of nitrogens with zero attached hydrogens (tertiary/aromatic N) is 2. The maximum Gasteiger partial charge on any atom is 0.248 e. The smallest absolute Gasteiger partial charge is 0.248 e. The van der Waals surface area contributed by atoms with E-state index in [0.29, 0.717) is 41.4 Å². The van der Waals surface area contributed by atoms with Gasteiger partial charge in [0.1, 0.15) is 11.5 Å². The molecule has 1 aliphatic rings. The molecule has 0 bridgehead atoms. The molecular formula is C22H21N3O4. The Kier molecular flexibility index (Phi) is 6.19. The first-order chi connectivity index (χ1) is 14.0. The van der Waals surface area contributed by atoms with Gasteiger partial charge in [0.25, 0.3) is 0 Å². The second kappa shape index (κ2) is 8.97. The molecule has 1 amide bonds. The van der Waals surface area contributed by atoms with Crippen LogP contribution in [0.5, 0.6) is 11.5 Å². The van der Waals surface area contributed by atoms with Crippen molar-refractivity contribution in [2.45, 2.75) is 12.5 Å². The number of ether oxygens (including phenoxy) is 2. The number of rotatable bonds is 7. The Morgan fingerprint density at radius 2 is 2.03 bits per heavy atom. The molecule has 1 aliphatic heterocycles. The van der Waals surface area contributed by atoms with Crippen LogP contribution in [0.4, 0.5) is 0 Å². The minimum Gasteiger partial charge on any atom is -0.492 e. The van der Waals surface area contributed by atoms with E-state index >= 15 is 0 Å². The first-order valence-corrected chi connectivity index (χ1v) is 8.99. The predicted molar refractivity (Wildman–Crippen MR) is 111 cm³/mol. The number of amides is 1. The van der Waals surface area contributed by atoms with Crippen LogP contribution >= 0.6 is 0 Å². The molecule has 7 nitrogen and oxygen atoms in total. The summed E-state index contributed by atoms with van der Waals surface area (Å²) in [6, 6.07) is 11.8. The van der Waals surface area contributed by atoms with Crippen LogP contribution in [-0.2, 0) is 0 Å². The van der Waals surface area contributed by atoms with Crippen molar-refractivity contribution in [3.05, 3.63) is 70.9 Å². The number of aliphatic imine (C=N–C) groups is 2. The van der Waals surface area contributed by atoms with Gasteiger partial charge in [-0.2, -0.15) is 0 Å². The number of hydrogen-bond donors (Lipinski definition) is 1. The summed E-state index contributed by atoms with van der Waals surface area (Å²) in [7, 11) is 1.65. The zero-order valence-electron chi connectivity index (χ0n) is 16.0. The Bertz CT molecular complexity index is 994. The van der Waals surface area contributed by atoms with E-state index in [2.05, 4.69) is 16.7 Å². The molecule has 0 spiro atoms. The van der Waals surface area contributed by atoms with E-state index < -0.39 is 12.0 Å². The van der Waals surface area contributed by atoms with Crippen LogP contribution in [0.3, 0.4) is 0 Å². The fourth-order valence-corrected chi connectivity index (χ4v) is 2.95. The molecule has 7 heteroatoms. The lowest BCUT2D eigenvalue weighted by atomic mass is 10.0. The lowest BCUT2D eigenvalue weighted by molar-refractivity contribution is 0.0932. The molecule has 0 fully saturated rings. The molecule has 0 aromatic heterocycles. The topological polar surface area (TPSA) is 103 Å². The van der Waals surface area contributed by atoms with E-state index in [1.165, 1.54) is 0 Å². The second-order valence-electron chi connectivity index (χ2n) is 6.32. The Hall–Kier alpha value is -3.74. The summed E-state index contributed by atoms with van der Waals surface area (Å²) in [5.74, 6) is 0.532. The zero-order valence-corrected chi connectivity index (χ0v) is 16.0. The van der Waals surface area contributed by atoms with Crippen molar-refractivity contribution in [1.29, 1.82) is 0 Å². The van der Waals surface area contributed by atoms with Crippen LogP contribution in [0.1, 0.15) is 38.8 Å². The van der Waals surface area contributed by atoms with Crippen molar-refractivity contribution in [2.24, 2.45) is 15.7 Å². The molecule has 0 unspecified atom stereocenters. The molecule has 148 valence electrons. The Labute approximate surface area is 168 Å². The highest BCUT2D eigenvalue weighted by Gasteiger charge is 2.22. The molecule has 0 radical (unpaired) electrons. The summed E-state index contributed by atoms with van der Waals surface area (Å²) >= 11 is 0. The van der Waals surface area contributed by atoms with E-state index in [4.69, 9.17) is 15.2 Å². The third-order valence-corrected chi connectivity index (χ3v) is 4.44. The maximum atomic E-state index is 12.0. The summed E-state index contributed by atoms with van der Waals surface area (Å²) in [5, 5.41) is 0. The fraction of sp³-hybridized carbons (Fsp3) is 0.182. The number of allylic oxidation sites excluding steroid dienone is 1. The van der Waals surface area contributed by atoms with Gasteiger partial charge in [0, 0.05) is 31.3 Å². The number of carbonyl (C=O) groups is 2. The molecular weight excluding hydrogens is 370 g/mol. The number of primary amides is 1. The summed E-state index contributed by atoms with van der Waals surface area (Å²) < 4.78 is 11.8. The van der Waals surface area contributed by atoms with Crippen LogP contribution in [0.25, 0.3) is 0 Å². The molecule has 0 saturated carbocycles. The Morgan fingerprint density at radius 1 is 1.28 bits per heavy atom. The average Bonchev–Trinajstić information content (AvgIpc) is 2.73. The van der Waals surface area contributed by atoms with Gasteiger partial charge in [-0.05, 0) is 42.6 Å². The van der Waals surface area contributed by atoms with Gasteiger partial charge >= 0.3 is 0 Å². The van der Waals surface area contributed by atoms with Crippen LogP contribution in [0, 0.1) is 0 Å². The quantitative estimate of drug-likeness (QED) is 0.732. The van der Waals surface area contributed by atoms with Crippen molar-refractivity contribution in [1.82, 2.24) is 0 Å². The number of fused-ring (bicyclic) bond motifs is 1. The highest BCUT2D eigenvalue weighted by molar-refractivity contribution is 5.99. The monoisotopic (exact) mass is 391 g/mol. The van der Waals surface area contributed by atoms with Gasteiger partial charge in [0.2, 0.25) is 5.91 Å². The molecule has 2 N–H and O–H groups in total. The van der Waals surface area contributed by atoms with Gasteiger partial charge in [0.15, 0.2) is 11.9 Å². The molecule has 1 atom stereocenters. The summed E-state index contributed by atoms with van der Waals surface area (Å²) in [5.41, 5.74) is 7.52. The molecule has 3 rings (SSSR count). The van der Waals surface area contributed by atoms with Crippen molar-refractivity contribution in [3.63, 3.8) is 0 Å². The van der Waals surface area contributed by atoms with Crippen LogP contribution in [0.2, 0.25) is 0 Å². The third kappa shape index (κ3) is 4.57. The number of nitrogens with two attached hydrogens (primary N) is 1. The maximum absolute atomic E-state index is 12.0. The van der Waals surface area contributed by atoms with Gasteiger partial charge < -0.3 is 15.2 Å². The van der Waals surface area contributed by atoms with Crippen molar-refractivity contribution < 1.29 is 19.1 Å². The largest absolute Gasteiger partial charge is 0.492 e. The van der Waals surface area contributed by atoms with E-state index in [1.807, 2.05) is 0 Å². The minimum atomic E-state index is -0.621. The normalized spacial score (nSPS) is 14.8. The van der Waals surface area contributed by atoms with E-state index in [1.54, 1.807) is 61.8 Å². The second-order valence-corrected chi connectivity index (χ2v) is 6.32. The average molecular weight is 391 g/mol. The number of hydrogen-bond acceptors (Lipinski definition) is 6. The number of carbonyl (C=O) groups excluding carboxylic acids is 2. The van der Waals surface area contributed by atoms with E-state index in [-0.39, 0.29) is 5.78 Å². The summed E-state index contributed by atoms with van der Waals surface area (Å²) in [4.78, 5) is 31.4. The lowest BCUT2D eigenvalue weighted by Gasteiger charge is -2.22. The molecule has 1 heterocycles. The van der Waals surface area contributed by atoms with Crippen molar-refractivity contribution in [3.8, 4) is 11.5 Å².